The maximum Gasteiger partial charge on any atom is 0.323 e. The van der Waals surface area contributed by atoms with Gasteiger partial charge in [0.2, 0.25) is 5.13 Å². The van der Waals surface area contributed by atoms with Crippen LogP contribution in [0.5, 0.6) is 0 Å². The highest BCUT2D eigenvalue weighted by molar-refractivity contribution is 7.15. The van der Waals surface area contributed by atoms with Gasteiger partial charge < -0.3 is 10.0 Å². The van der Waals surface area contributed by atoms with Crippen molar-refractivity contribution in [1.82, 2.24) is 15.1 Å². The predicted molar refractivity (Wildman–Crippen MR) is 79.1 cm³/mol. The average Bonchev–Trinajstić information content (AvgIpc) is 2.88. The highest BCUT2D eigenvalue weighted by Crippen LogP contribution is 2.24. The van der Waals surface area contributed by atoms with Gasteiger partial charge in [-0.05, 0) is 25.7 Å². The second kappa shape index (κ2) is 6.99. The molecule has 1 saturated heterocycles. The lowest BCUT2D eigenvalue weighted by Crippen LogP contribution is -2.46. The van der Waals surface area contributed by atoms with Crippen molar-refractivity contribution in [2.75, 3.05) is 18.5 Å². The Morgan fingerprint density at radius 3 is 2.95 bits per heavy atom. The standard InChI is InChI=1S/C13H22N4O2S/c1-9(2)11-15-16-12(20-11)14-13(19)17-7-4-3-5-10(17)6-8-18/h9-10,18H,3-8H2,1-2H3,(H,14,16,19)/t10-/m0/s1. The van der Waals surface area contributed by atoms with Gasteiger partial charge in [0.15, 0.2) is 0 Å². The van der Waals surface area contributed by atoms with E-state index in [-0.39, 0.29) is 18.7 Å². The monoisotopic (exact) mass is 298 g/mol. The first kappa shape index (κ1) is 15.2. The molecule has 1 fully saturated rings. The largest absolute Gasteiger partial charge is 0.396 e. The van der Waals surface area contributed by atoms with Crippen LogP contribution in [0.25, 0.3) is 0 Å². The van der Waals surface area contributed by atoms with Gasteiger partial charge in [0.05, 0.1) is 0 Å². The molecule has 1 aliphatic heterocycles. The highest BCUT2D eigenvalue weighted by atomic mass is 32.1. The number of aliphatic hydroxyl groups excluding tert-OH is 1. The van der Waals surface area contributed by atoms with E-state index < -0.39 is 0 Å². The number of aliphatic hydroxyl groups is 1. The lowest BCUT2D eigenvalue weighted by Gasteiger charge is -2.35. The maximum absolute atomic E-state index is 12.3. The smallest absolute Gasteiger partial charge is 0.323 e. The Bertz CT molecular complexity index is 447. The van der Waals surface area contributed by atoms with Crippen LogP contribution < -0.4 is 5.32 Å². The summed E-state index contributed by atoms with van der Waals surface area (Å²) in [6.45, 7) is 4.96. The van der Waals surface area contributed by atoms with Crippen LogP contribution >= 0.6 is 11.3 Å². The molecule has 0 spiro atoms. The van der Waals surface area contributed by atoms with E-state index in [9.17, 15) is 4.79 Å². The normalized spacial score (nSPS) is 19.4. The Morgan fingerprint density at radius 1 is 1.50 bits per heavy atom. The lowest BCUT2D eigenvalue weighted by atomic mass is 10.0. The Balaban J connectivity index is 1.98. The summed E-state index contributed by atoms with van der Waals surface area (Å²) in [5.41, 5.74) is 0. The summed E-state index contributed by atoms with van der Waals surface area (Å²) in [7, 11) is 0. The van der Waals surface area contributed by atoms with Crippen LogP contribution in [0, 0.1) is 0 Å². The van der Waals surface area contributed by atoms with Crippen LogP contribution in [0.1, 0.15) is 50.5 Å². The summed E-state index contributed by atoms with van der Waals surface area (Å²) in [6.07, 6.45) is 3.73. The van der Waals surface area contributed by atoms with Crippen LogP contribution in [0.3, 0.4) is 0 Å². The van der Waals surface area contributed by atoms with Crippen molar-refractivity contribution in [3.8, 4) is 0 Å². The number of carbonyl (C=O) groups excluding carboxylic acids is 1. The molecule has 1 aromatic heterocycles. The maximum atomic E-state index is 12.3. The fourth-order valence-electron chi connectivity index (χ4n) is 2.40. The lowest BCUT2D eigenvalue weighted by molar-refractivity contribution is 0.141. The van der Waals surface area contributed by atoms with E-state index in [0.29, 0.717) is 17.5 Å². The molecular formula is C13H22N4O2S. The van der Waals surface area contributed by atoms with Crippen LogP contribution in [-0.4, -0.2) is 45.4 Å². The van der Waals surface area contributed by atoms with Crippen molar-refractivity contribution >= 4 is 22.5 Å². The molecule has 0 radical (unpaired) electrons. The summed E-state index contributed by atoms with van der Waals surface area (Å²) < 4.78 is 0. The molecule has 0 aliphatic carbocycles. The van der Waals surface area contributed by atoms with Crippen molar-refractivity contribution in [1.29, 1.82) is 0 Å². The van der Waals surface area contributed by atoms with Crippen molar-refractivity contribution in [2.24, 2.45) is 0 Å². The molecule has 1 atom stereocenters. The molecule has 1 aromatic rings. The molecule has 6 nitrogen and oxygen atoms in total. The molecule has 2 amide bonds. The summed E-state index contributed by atoms with van der Waals surface area (Å²) in [4.78, 5) is 14.1. The summed E-state index contributed by atoms with van der Waals surface area (Å²) in [6, 6.07) is 0.000784. The van der Waals surface area contributed by atoms with Crippen molar-refractivity contribution < 1.29 is 9.90 Å². The first-order valence-electron chi connectivity index (χ1n) is 7.13. The quantitative estimate of drug-likeness (QED) is 0.895. The van der Waals surface area contributed by atoms with Gasteiger partial charge in [-0.2, -0.15) is 0 Å². The Kier molecular flexibility index (Phi) is 5.31. The minimum atomic E-state index is -0.130. The van der Waals surface area contributed by atoms with E-state index in [0.717, 1.165) is 30.8 Å². The number of rotatable bonds is 4. The third-order valence-electron chi connectivity index (χ3n) is 3.50. The van der Waals surface area contributed by atoms with Gasteiger partial charge in [0.1, 0.15) is 5.01 Å². The molecule has 0 unspecified atom stereocenters. The summed E-state index contributed by atoms with van der Waals surface area (Å²) in [5, 5.41) is 21.5. The number of hydrogen-bond donors (Lipinski definition) is 2. The van der Waals surface area contributed by atoms with Gasteiger partial charge in [-0.15, -0.1) is 10.2 Å². The fourth-order valence-corrected chi connectivity index (χ4v) is 3.13. The summed E-state index contributed by atoms with van der Waals surface area (Å²) in [5.74, 6) is 0.315. The Labute approximate surface area is 123 Å². The third kappa shape index (κ3) is 3.67. The van der Waals surface area contributed by atoms with Gasteiger partial charge in [-0.3, -0.25) is 5.32 Å². The average molecular weight is 298 g/mol. The van der Waals surface area contributed by atoms with E-state index in [4.69, 9.17) is 5.11 Å². The zero-order chi connectivity index (χ0) is 14.5. The van der Waals surface area contributed by atoms with E-state index >= 15 is 0 Å². The SMILES string of the molecule is CC(C)c1nnc(NC(=O)N2CCCC[C@H]2CCO)s1. The number of hydrogen-bond acceptors (Lipinski definition) is 5. The molecule has 7 heteroatoms. The van der Waals surface area contributed by atoms with Gasteiger partial charge in [-0.25, -0.2) is 4.79 Å². The number of nitrogens with zero attached hydrogens (tertiary/aromatic N) is 3. The molecule has 2 heterocycles. The van der Waals surface area contributed by atoms with Gasteiger partial charge in [-0.1, -0.05) is 25.2 Å². The zero-order valence-electron chi connectivity index (χ0n) is 12.0. The minimum absolute atomic E-state index is 0.116. The fraction of sp³-hybridized carbons (Fsp3) is 0.769. The van der Waals surface area contributed by atoms with Gasteiger partial charge in [0.25, 0.3) is 0 Å². The molecule has 112 valence electrons. The van der Waals surface area contributed by atoms with E-state index in [1.54, 1.807) is 0 Å². The molecule has 20 heavy (non-hydrogen) atoms. The van der Waals surface area contributed by atoms with Crippen molar-refractivity contribution in [3.05, 3.63) is 5.01 Å². The minimum Gasteiger partial charge on any atom is -0.396 e. The van der Waals surface area contributed by atoms with Gasteiger partial charge >= 0.3 is 6.03 Å². The topological polar surface area (TPSA) is 78.4 Å². The number of aromatic nitrogens is 2. The second-order valence-corrected chi connectivity index (χ2v) is 6.39. The number of urea groups is 1. The summed E-state index contributed by atoms with van der Waals surface area (Å²) >= 11 is 1.42. The molecule has 0 aromatic carbocycles. The van der Waals surface area contributed by atoms with Gasteiger partial charge in [0, 0.05) is 25.1 Å². The molecule has 2 N–H and O–H groups in total. The number of nitrogens with one attached hydrogen (secondary N) is 1. The van der Waals surface area contributed by atoms with Crippen molar-refractivity contribution in [2.45, 2.75) is 51.5 Å². The zero-order valence-corrected chi connectivity index (χ0v) is 12.8. The Hall–Kier alpha value is -1.21. The van der Waals surface area contributed by atoms with Crippen molar-refractivity contribution in [3.63, 3.8) is 0 Å². The second-order valence-electron chi connectivity index (χ2n) is 5.39. The molecular weight excluding hydrogens is 276 g/mol. The number of amides is 2. The number of anilines is 1. The first-order valence-corrected chi connectivity index (χ1v) is 7.95. The first-order chi connectivity index (χ1) is 9.61. The number of carbonyl (C=O) groups is 1. The number of likely N-dealkylation sites (tertiary alicyclic amines) is 1. The molecule has 1 aliphatic rings. The van der Waals surface area contributed by atoms with E-state index in [1.807, 2.05) is 18.7 Å². The highest BCUT2D eigenvalue weighted by Gasteiger charge is 2.26. The van der Waals surface area contributed by atoms with Crippen LogP contribution in [0.2, 0.25) is 0 Å². The Morgan fingerprint density at radius 2 is 2.30 bits per heavy atom. The number of piperidine rings is 1. The molecule has 2 rings (SSSR count). The van der Waals surface area contributed by atoms with Crippen LogP contribution in [0.15, 0.2) is 0 Å². The van der Waals surface area contributed by atoms with Crippen LogP contribution in [-0.2, 0) is 0 Å². The molecule has 0 bridgehead atoms. The van der Waals surface area contributed by atoms with Crippen LogP contribution in [0.4, 0.5) is 9.93 Å². The van der Waals surface area contributed by atoms with E-state index in [1.165, 1.54) is 11.3 Å². The third-order valence-corrected chi connectivity index (χ3v) is 4.64. The molecule has 0 saturated carbocycles. The van der Waals surface area contributed by atoms with E-state index in [2.05, 4.69) is 15.5 Å². The predicted octanol–water partition coefficient (Wildman–Crippen LogP) is 2.43.